The molecule has 6 rings (SSSR count). The predicted octanol–water partition coefficient (Wildman–Crippen LogP) is 3.84. The number of carbonyl (C=O) groups is 1. The molecular weight excluding hydrogens is 454 g/mol. The van der Waals surface area contributed by atoms with E-state index in [2.05, 4.69) is 4.98 Å². The molecule has 2 aromatic heterocycles. The maximum Gasteiger partial charge on any atom is 0.275 e. The second-order valence-corrected chi connectivity index (χ2v) is 9.03. The average Bonchev–Trinajstić information content (AvgIpc) is 3.25. The fraction of sp³-hybridized carbons (Fsp3) is 0.269. The van der Waals surface area contributed by atoms with Crippen molar-refractivity contribution >= 4 is 16.7 Å². The summed E-state index contributed by atoms with van der Waals surface area (Å²) in [4.78, 5) is 32.4. The first-order valence-corrected chi connectivity index (χ1v) is 11.5. The maximum absolute atomic E-state index is 13.9. The van der Waals surface area contributed by atoms with Crippen LogP contribution < -0.4 is 10.3 Å². The molecule has 0 unspecified atom stereocenters. The Morgan fingerprint density at radius 2 is 1.86 bits per heavy atom. The summed E-state index contributed by atoms with van der Waals surface area (Å²) in [5.74, 6) is -1.60. The number of amides is 1. The molecule has 3 heterocycles. The summed E-state index contributed by atoms with van der Waals surface area (Å²) in [6.45, 7) is 2.61. The van der Waals surface area contributed by atoms with Crippen LogP contribution in [-0.2, 0) is 6.54 Å². The van der Waals surface area contributed by atoms with Crippen LogP contribution in [0.15, 0.2) is 59.8 Å². The minimum absolute atomic E-state index is 0.164. The fourth-order valence-corrected chi connectivity index (χ4v) is 4.95. The van der Waals surface area contributed by atoms with Gasteiger partial charge in [-0.15, -0.1) is 0 Å². The SMILES string of the molecule is Cc1cn(-c2ccc3n(c2=O)CCN([C@@H]2CC[C@H]2Oc2cccc4cc(F)c(F)cc24)C3=O)cn1. The third kappa shape index (κ3) is 3.50. The zero-order valence-electron chi connectivity index (χ0n) is 18.9. The number of pyridine rings is 1. The standard InChI is InChI=1S/C26H22F2N4O3/c1-15-13-30(14-29-15)21-5-6-22-26(34)31(9-10-32(22)25(21)33)20-7-8-24(20)35-23-4-2-3-16-11-18(27)19(28)12-17(16)23/h2-6,11-14,20,24H,7-10H2,1H3/t20-,24-/m1/s1. The number of halogens is 2. The van der Waals surface area contributed by atoms with Gasteiger partial charge in [0.1, 0.15) is 23.2 Å². The van der Waals surface area contributed by atoms with Crippen molar-refractivity contribution in [3.8, 4) is 11.4 Å². The maximum atomic E-state index is 13.9. The van der Waals surface area contributed by atoms with Crippen LogP contribution in [0.5, 0.6) is 5.75 Å². The van der Waals surface area contributed by atoms with Gasteiger partial charge in [0, 0.05) is 24.7 Å². The highest BCUT2D eigenvalue weighted by Gasteiger charge is 2.42. The summed E-state index contributed by atoms with van der Waals surface area (Å²) in [6.07, 6.45) is 4.58. The van der Waals surface area contributed by atoms with E-state index in [-0.39, 0.29) is 23.6 Å². The lowest BCUT2D eigenvalue weighted by molar-refractivity contribution is -0.00484. The summed E-state index contributed by atoms with van der Waals surface area (Å²) >= 11 is 0. The topological polar surface area (TPSA) is 69.4 Å². The number of carbonyl (C=O) groups excluding carboxylic acids is 1. The first-order chi connectivity index (χ1) is 16.9. The van der Waals surface area contributed by atoms with E-state index < -0.39 is 11.6 Å². The minimum Gasteiger partial charge on any atom is -0.488 e. The molecule has 9 heteroatoms. The molecule has 178 valence electrons. The van der Waals surface area contributed by atoms with Crippen molar-refractivity contribution in [1.29, 1.82) is 0 Å². The van der Waals surface area contributed by atoms with E-state index in [9.17, 15) is 18.4 Å². The van der Waals surface area contributed by atoms with Gasteiger partial charge in [0.25, 0.3) is 11.5 Å². The summed E-state index contributed by atoms with van der Waals surface area (Å²) in [5, 5.41) is 1.03. The second kappa shape index (κ2) is 8.04. The van der Waals surface area contributed by atoms with E-state index in [1.807, 2.05) is 6.92 Å². The summed E-state index contributed by atoms with van der Waals surface area (Å²) in [5.41, 5.74) is 1.35. The Hall–Kier alpha value is -4.01. The van der Waals surface area contributed by atoms with E-state index >= 15 is 0 Å². The molecule has 7 nitrogen and oxygen atoms in total. The molecule has 0 saturated heterocycles. The van der Waals surface area contributed by atoms with Gasteiger partial charge in [-0.2, -0.15) is 0 Å². The van der Waals surface area contributed by atoms with Crippen LogP contribution in [0.25, 0.3) is 16.5 Å². The Morgan fingerprint density at radius 3 is 2.60 bits per heavy atom. The smallest absolute Gasteiger partial charge is 0.275 e. The van der Waals surface area contributed by atoms with Gasteiger partial charge in [0.15, 0.2) is 11.6 Å². The highest BCUT2D eigenvalue weighted by atomic mass is 19.2. The number of fused-ring (bicyclic) bond motifs is 2. The molecule has 1 amide bonds. The number of hydrogen-bond donors (Lipinski definition) is 0. The summed E-state index contributed by atoms with van der Waals surface area (Å²) in [6, 6.07) is 10.6. The van der Waals surface area contributed by atoms with E-state index in [1.165, 1.54) is 4.57 Å². The third-order valence-electron chi connectivity index (χ3n) is 6.92. The predicted molar refractivity (Wildman–Crippen MR) is 125 cm³/mol. The van der Waals surface area contributed by atoms with E-state index in [0.717, 1.165) is 30.7 Å². The summed E-state index contributed by atoms with van der Waals surface area (Å²) < 4.78 is 36.9. The van der Waals surface area contributed by atoms with Crippen molar-refractivity contribution in [2.45, 2.75) is 38.5 Å². The van der Waals surface area contributed by atoms with Gasteiger partial charge in [-0.25, -0.2) is 13.8 Å². The van der Waals surface area contributed by atoms with E-state index in [4.69, 9.17) is 4.74 Å². The Bertz CT molecular complexity index is 1540. The number of aryl methyl sites for hydroxylation is 1. The van der Waals surface area contributed by atoms with Crippen LogP contribution in [0.1, 0.15) is 29.0 Å². The number of rotatable bonds is 4. The van der Waals surface area contributed by atoms with Gasteiger partial charge in [-0.3, -0.25) is 9.59 Å². The van der Waals surface area contributed by atoms with Crippen molar-refractivity contribution in [2.75, 3.05) is 6.54 Å². The number of benzene rings is 2. The van der Waals surface area contributed by atoms with Crippen LogP contribution in [0.2, 0.25) is 0 Å². The Morgan fingerprint density at radius 1 is 1.03 bits per heavy atom. The highest BCUT2D eigenvalue weighted by molar-refractivity contribution is 5.94. The van der Waals surface area contributed by atoms with Crippen molar-refractivity contribution < 1.29 is 18.3 Å². The van der Waals surface area contributed by atoms with Gasteiger partial charge < -0.3 is 18.8 Å². The van der Waals surface area contributed by atoms with Crippen LogP contribution in [-0.4, -0.2) is 43.6 Å². The van der Waals surface area contributed by atoms with Crippen LogP contribution in [0.4, 0.5) is 8.78 Å². The lowest BCUT2D eigenvalue weighted by atomic mass is 9.86. The van der Waals surface area contributed by atoms with Gasteiger partial charge >= 0.3 is 0 Å². The second-order valence-electron chi connectivity index (χ2n) is 9.03. The Labute approximate surface area is 199 Å². The number of nitrogens with zero attached hydrogens (tertiary/aromatic N) is 4. The van der Waals surface area contributed by atoms with Crippen molar-refractivity contribution in [3.05, 3.63) is 88.4 Å². The molecule has 1 aliphatic carbocycles. The number of imidazole rings is 1. The lowest BCUT2D eigenvalue weighted by Gasteiger charge is -2.45. The van der Waals surface area contributed by atoms with E-state index in [1.54, 1.807) is 52.3 Å². The number of hydrogen-bond acceptors (Lipinski definition) is 4. The normalized spacial score (nSPS) is 19.5. The minimum atomic E-state index is -0.933. The largest absolute Gasteiger partial charge is 0.488 e. The first kappa shape index (κ1) is 21.5. The Kier molecular flexibility index (Phi) is 4.94. The highest BCUT2D eigenvalue weighted by Crippen LogP contribution is 2.35. The van der Waals surface area contributed by atoms with Gasteiger partial charge in [0.2, 0.25) is 0 Å². The molecule has 0 N–H and O–H groups in total. The number of ether oxygens (including phenoxy) is 1. The molecule has 4 aromatic rings. The molecule has 2 aliphatic rings. The lowest BCUT2D eigenvalue weighted by Crippen LogP contribution is -2.58. The van der Waals surface area contributed by atoms with Crippen molar-refractivity contribution in [3.63, 3.8) is 0 Å². The third-order valence-corrected chi connectivity index (χ3v) is 6.92. The summed E-state index contributed by atoms with van der Waals surface area (Å²) in [7, 11) is 0. The molecule has 1 fully saturated rings. The zero-order chi connectivity index (χ0) is 24.3. The van der Waals surface area contributed by atoms with E-state index in [0.29, 0.717) is 41.0 Å². The molecule has 1 aliphatic heterocycles. The molecule has 2 atom stereocenters. The monoisotopic (exact) mass is 476 g/mol. The average molecular weight is 476 g/mol. The van der Waals surface area contributed by atoms with Crippen molar-refractivity contribution in [1.82, 2.24) is 19.0 Å². The molecule has 0 bridgehead atoms. The quantitative estimate of drug-likeness (QED) is 0.449. The first-order valence-electron chi connectivity index (χ1n) is 11.5. The van der Waals surface area contributed by atoms with Crippen LogP contribution in [0.3, 0.4) is 0 Å². The molecule has 35 heavy (non-hydrogen) atoms. The molecule has 1 saturated carbocycles. The molecule has 2 aromatic carbocycles. The zero-order valence-corrected chi connectivity index (χ0v) is 18.9. The van der Waals surface area contributed by atoms with Gasteiger partial charge in [0.05, 0.1) is 18.1 Å². The van der Waals surface area contributed by atoms with Crippen LogP contribution >= 0.6 is 0 Å². The molecule has 0 radical (unpaired) electrons. The van der Waals surface area contributed by atoms with Gasteiger partial charge in [-0.1, -0.05) is 12.1 Å². The van der Waals surface area contributed by atoms with Crippen LogP contribution in [0, 0.1) is 18.6 Å². The molecular formula is C26H22F2N4O3. The van der Waals surface area contributed by atoms with Gasteiger partial charge in [-0.05, 0) is 55.5 Å². The molecule has 0 spiro atoms. The number of aromatic nitrogens is 3. The van der Waals surface area contributed by atoms with Crippen molar-refractivity contribution in [2.24, 2.45) is 0 Å². The Balaban J connectivity index is 1.25. The fourth-order valence-electron chi connectivity index (χ4n) is 4.95.